The molecule has 136 valence electrons. The van der Waals surface area contributed by atoms with Crippen molar-refractivity contribution in [3.05, 3.63) is 24.3 Å². The van der Waals surface area contributed by atoms with Crippen LogP contribution in [0.15, 0.2) is 29.2 Å². The van der Waals surface area contributed by atoms with Gasteiger partial charge in [-0.2, -0.15) is 0 Å². The second-order valence-corrected chi connectivity index (χ2v) is 6.71. The molecule has 1 aromatic carbocycles. The van der Waals surface area contributed by atoms with Crippen molar-refractivity contribution < 1.29 is 23.9 Å². The molecular weight excluding hydrogens is 344 g/mol. The first kappa shape index (κ1) is 19.3. The fraction of sp³-hybridized carbons (Fsp3) is 0.471. The number of hydrogen-bond donors (Lipinski definition) is 2. The van der Waals surface area contributed by atoms with E-state index >= 15 is 0 Å². The molecule has 1 aliphatic rings. The number of fused-ring (bicyclic) bond motifs is 1. The van der Waals surface area contributed by atoms with Gasteiger partial charge in [-0.1, -0.05) is 19.1 Å². The Labute approximate surface area is 150 Å². The molecule has 25 heavy (non-hydrogen) atoms. The maximum absolute atomic E-state index is 12.2. The number of amides is 2. The summed E-state index contributed by atoms with van der Waals surface area (Å²) in [4.78, 5) is 37.2. The second kappa shape index (κ2) is 9.43. The summed E-state index contributed by atoms with van der Waals surface area (Å²) in [5.74, 6) is -1.17. The molecule has 0 spiro atoms. The average Bonchev–Trinajstić information content (AvgIpc) is 2.60. The van der Waals surface area contributed by atoms with Crippen molar-refractivity contribution in [3.8, 4) is 0 Å². The molecule has 0 aliphatic carbocycles. The maximum Gasteiger partial charge on any atom is 0.308 e. The molecule has 0 bridgehead atoms. The van der Waals surface area contributed by atoms with E-state index in [1.807, 2.05) is 24.3 Å². The zero-order valence-corrected chi connectivity index (χ0v) is 15.1. The molecule has 0 radical (unpaired) electrons. The lowest BCUT2D eigenvalue weighted by atomic mass is 10.2. The van der Waals surface area contributed by atoms with Crippen molar-refractivity contribution in [2.75, 3.05) is 25.6 Å². The Bertz CT molecular complexity index is 637. The van der Waals surface area contributed by atoms with Gasteiger partial charge in [0.1, 0.15) is 0 Å². The number of nitrogens with one attached hydrogen (secondary N) is 2. The molecule has 2 rings (SSSR count). The van der Waals surface area contributed by atoms with Crippen LogP contribution in [0.4, 0.5) is 5.69 Å². The number of rotatable bonds is 8. The number of anilines is 1. The first-order valence-electron chi connectivity index (χ1n) is 8.07. The van der Waals surface area contributed by atoms with Crippen molar-refractivity contribution in [2.45, 2.75) is 36.0 Å². The second-order valence-electron chi connectivity index (χ2n) is 5.47. The Balaban J connectivity index is 1.88. The van der Waals surface area contributed by atoms with Gasteiger partial charge in [-0.25, -0.2) is 0 Å². The van der Waals surface area contributed by atoms with E-state index in [0.29, 0.717) is 19.6 Å². The number of para-hydroxylation sites is 1. The average molecular weight is 366 g/mol. The van der Waals surface area contributed by atoms with Gasteiger partial charge < -0.3 is 20.1 Å². The van der Waals surface area contributed by atoms with E-state index in [2.05, 4.69) is 10.6 Å². The van der Waals surface area contributed by atoms with Crippen molar-refractivity contribution >= 4 is 35.2 Å². The number of thioether (sulfide) groups is 1. The van der Waals surface area contributed by atoms with E-state index in [1.165, 1.54) is 18.9 Å². The van der Waals surface area contributed by atoms with Crippen LogP contribution in [-0.2, 0) is 23.9 Å². The Kier molecular flexibility index (Phi) is 7.27. The Morgan fingerprint density at radius 1 is 1.36 bits per heavy atom. The number of hydrogen-bond acceptors (Lipinski definition) is 6. The molecule has 0 aromatic heterocycles. The van der Waals surface area contributed by atoms with Crippen LogP contribution in [0.2, 0.25) is 0 Å². The summed E-state index contributed by atoms with van der Waals surface area (Å²) in [6, 6.07) is 7.40. The molecule has 0 saturated heterocycles. The fourth-order valence-electron chi connectivity index (χ4n) is 2.30. The quantitative estimate of drug-likeness (QED) is 0.536. The first-order valence-corrected chi connectivity index (χ1v) is 8.95. The minimum atomic E-state index is -0.867. The van der Waals surface area contributed by atoms with Crippen LogP contribution in [0.5, 0.6) is 0 Å². The first-order chi connectivity index (χ1) is 12.0. The highest BCUT2D eigenvalue weighted by Gasteiger charge is 2.31. The van der Waals surface area contributed by atoms with Crippen LogP contribution in [0.1, 0.15) is 19.8 Å². The lowest BCUT2D eigenvalue weighted by molar-refractivity contribution is -0.156. The molecule has 2 N–H and O–H groups in total. The van der Waals surface area contributed by atoms with Crippen LogP contribution >= 0.6 is 11.8 Å². The maximum atomic E-state index is 12.2. The van der Waals surface area contributed by atoms with Gasteiger partial charge in [0, 0.05) is 18.6 Å². The summed E-state index contributed by atoms with van der Waals surface area (Å²) in [6.45, 7) is 2.49. The predicted molar refractivity (Wildman–Crippen MR) is 94.4 cm³/mol. The number of carbonyl (C=O) groups excluding carboxylic acids is 3. The zero-order valence-electron chi connectivity index (χ0n) is 14.2. The number of carbonyl (C=O) groups is 3. The molecule has 0 unspecified atom stereocenters. The topological polar surface area (TPSA) is 93.7 Å². The van der Waals surface area contributed by atoms with Crippen LogP contribution in [0.3, 0.4) is 0 Å². The highest BCUT2D eigenvalue weighted by Crippen LogP contribution is 2.36. The summed E-state index contributed by atoms with van der Waals surface area (Å²) < 4.78 is 10.1. The molecule has 8 heteroatoms. The van der Waals surface area contributed by atoms with E-state index in [9.17, 15) is 14.4 Å². The predicted octanol–water partition coefficient (Wildman–Crippen LogP) is 1.57. The largest absolute Gasteiger partial charge is 0.452 e. The smallest absolute Gasteiger partial charge is 0.308 e. The van der Waals surface area contributed by atoms with E-state index in [0.717, 1.165) is 10.6 Å². The van der Waals surface area contributed by atoms with Crippen molar-refractivity contribution in [1.29, 1.82) is 0 Å². The third-order valence-electron chi connectivity index (χ3n) is 3.60. The summed E-state index contributed by atoms with van der Waals surface area (Å²) >= 11 is 1.32. The molecule has 1 aromatic rings. The third kappa shape index (κ3) is 5.47. The standard InChI is InChI=1S/C17H22N2O5S/c1-3-12(16(21)18-8-9-23-2)24-15(20)10-14-17(22)19-11-6-4-5-7-13(11)25-14/h4-7,12,14H,3,8-10H2,1-2H3,(H,18,21)(H,19,22)/t12-,14-/m1/s1. The SMILES string of the molecule is CC[C@@H](OC(=O)C[C@H]1Sc2ccccc2NC1=O)C(=O)NCCOC. The summed E-state index contributed by atoms with van der Waals surface area (Å²) in [5, 5.41) is 4.85. The van der Waals surface area contributed by atoms with Gasteiger partial charge in [0.15, 0.2) is 6.10 Å². The minimum Gasteiger partial charge on any atom is -0.452 e. The lowest BCUT2D eigenvalue weighted by Gasteiger charge is -2.24. The number of methoxy groups -OCH3 is 1. The number of benzene rings is 1. The van der Waals surface area contributed by atoms with E-state index in [-0.39, 0.29) is 18.2 Å². The number of esters is 1. The van der Waals surface area contributed by atoms with Crippen molar-refractivity contribution in [1.82, 2.24) is 5.32 Å². The molecule has 7 nitrogen and oxygen atoms in total. The Morgan fingerprint density at radius 3 is 2.84 bits per heavy atom. The van der Waals surface area contributed by atoms with Gasteiger partial charge in [-0.05, 0) is 18.6 Å². The molecule has 2 amide bonds. The highest BCUT2D eigenvalue weighted by molar-refractivity contribution is 8.01. The van der Waals surface area contributed by atoms with Crippen molar-refractivity contribution in [2.24, 2.45) is 0 Å². The normalized spacial score (nSPS) is 17.2. The van der Waals surface area contributed by atoms with Gasteiger partial charge in [0.2, 0.25) is 5.91 Å². The number of ether oxygens (including phenoxy) is 2. The van der Waals surface area contributed by atoms with Gasteiger partial charge >= 0.3 is 5.97 Å². The molecule has 0 fully saturated rings. The van der Waals surface area contributed by atoms with Gasteiger partial charge in [-0.15, -0.1) is 11.8 Å². The fourth-order valence-corrected chi connectivity index (χ4v) is 3.39. The molecule has 0 saturated carbocycles. The van der Waals surface area contributed by atoms with Crippen LogP contribution in [0, 0.1) is 0 Å². The monoisotopic (exact) mass is 366 g/mol. The van der Waals surface area contributed by atoms with Crippen LogP contribution in [-0.4, -0.2) is 49.4 Å². The molecule has 1 heterocycles. The highest BCUT2D eigenvalue weighted by atomic mass is 32.2. The molecule has 1 aliphatic heterocycles. The van der Waals surface area contributed by atoms with Crippen LogP contribution < -0.4 is 10.6 Å². The third-order valence-corrected chi connectivity index (χ3v) is 4.88. The Morgan fingerprint density at radius 2 is 2.12 bits per heavy atom. The van der Waals surface area contributed by atoms with Gasteiger partial charge in [-0.3, -0.25) is 14.4 Å². The lowest BCUT2D eigenvalue weighted by Crippen LogP contribution is -2.40. The summed E-state index contributed by atoms with van der Waals surface area (Å²) in [6.07, 6.45) is -0.599. The van der Waals surface area contributed by atoms with E-state index < -0.39 is 17.3 Å². The Hall–Kier alpha value is -2.06. The van der Waals surface area contributed by atoms with E-state index in [1.54, 1.807) is 6.92 Å². The van der Waals surface area contributed by atoms with Crippen LogP contribution in [0.25, 0.3) is 0 Å². The summed E-state index contributed by atoms with van der Waals surface area (Å²) in [7, 11) is 1.54. The summed E-state index contributed by atoms with van der Waals surface area (Å²) in [5.41, 5.74) is 0.742. The molecular formula is C17H22N2O5S. The zero-order chi connectivity index (χ0) is 18.2. The van der Waals surface area contributed by atoms with Gasteiger partial charge in [0.25, 0.3) is 5.91 Å². The molecule has 2 atom stereocenters. The minimum absolute atomic E-state index is 0.0906. The van der Waals surface area contributed by atoms with Crippen molar-refractivity contribution in [3.63, 3.8) is 0 Å². The van der Waals surface area contributed by atoms with E-state index in [4.69, 9.17) is 9.47 Å². The van der Waals surface area contributed by atoms with Gasteiger partial charge in [0.05, 0.1) is 24.0 Å².